The van der Waals surface area contributed by atoms with E-state index in [4.69, 9.17) is 27.9 Å². The first kappa shape index (κ1) is 21.0. The lowest BCUT2D eigenvalue weighted by atomic mass is 10.0. The lowest BCUT2D eigenvalue weighted by molar-refractivity contribution is 0.282. The number of hydrogen-bond acceptors (Lipinski definition) is 5. The summed E-state index contributed by atoms with van der Waals surface area (Å²) >= 11 is 12.5. The van der Waals surface area contributed by atoms with E-state index in [1.54, 1.807) is 12.1 Å². The van der Waals surface area contributed by atoms with Crippen LogP contribution in [0.2, 0.25) is 10.0 Å². The number of anilines is 2. The number of nitrogens with one attached hydrogen (secondary N) is 1. The van der Waals surface area contributed by atoms with E-state index in [1.165, 1.54) is 13.3 Å². The second-order valence-corrected chi connectivity index (χ2v) is 7.65. The highest BCUT2D eigenvalue weighted by molar-refractivity contribution is 6.37. The molecule has 0 saturated heterocycles. The fraction of sp³-hybridized carbons (Fsp3) is 0.0833. The van der Waals surface area contributed by atoms with Crippen molar-refractivity contribution in [3.63, 3.8) is 0 Å². The van der Waals surface area contributed by atoms with Gasteiger partial charge < -0.3 is 15.2 Å². The van der Waals surface area contributed by atoms with Crippen molar-refractivity contribution in [3.8, 4) is 22.9 Å². The van der Waals surface area contributed by atoms with Gasteiger partial charge in [0.05, 0.1) is 46.2 Å². The van der Waals surface area contributed by atoms with E-state index in [0.717, 1.165) is 27.6 Å². The van der Waals surface area contributed by atoms with Gasteiger partial charge >= 0.3 is 0 Å². The Hall–Kier alpha value is -3.30. The predicted octanol–water partition coefficient (Wildman–Crippen LogP) is 6.32. The number of methoxy groups -OCH3 is 1. The fourth-order valence-corrected chi connectivity index (χ4v) is 3.82. The number of ether oxygens (including phenoxy) is 1. The summed E-state index contributed by atoms with van der Waals surface area (Å²) in [6.45, 7) is 0.00354. The van der Waals surface area contributed by atoms with E-state index in [-0.39, 0.29) is 6.61 Å². The number of pyridine rings is 1. The molecule has 2 N–H and O–H groups in total. The zero-order valence-electron chi connectivity index (χ0n) is 16.5. The second kappa shape index (κ2) is 8.83. The minimum absolute atomic E-state index is 0.00354. The van der Waals surface area contributed by atoms with E-state index >= 15 is 0 Å². The van der Waals surface area contributed by atoms with Crippen LogP contribution in [0.15, 0.2) is 60.8 Å². The van der Waals surface area contributed by atoms with Crippen LogP contribution in [0, 0.1) is 11.3 Å². The zero-order valence-corrected chi connectivity index (χ0v) is 18.0. The van der Waals surface area contributed by atoms with Crippen molar-refractivity contribution in [2.45, 2.75) is 6.61 Å². The maximum absolute atomic E-state index is 9.62. The average molecular weight is 450 g/mol. The molecule has 0 aliphatic heterocycles. The van der Waals surface area contributed by atoms with E-state index in [1.807, 2.05) is 42.5 Å². The monoisotopic (exact) mass is 449 g/mol. The van der Waals surface area contributed by atoms with Crippen molar-refractivity contribution in [1.82, 2.24) is 4.98 Å². The van der Waals surface area contributed by atoms with Crippen molar-refractivity contribution in [2.75, 3.05) is 12.4 Å². The standard InChI is InChI=1S/C24H17Cl2N3O2/c1-31-23-10-22(19(25)9-20(23)26)29-24-17(11-27)12-28-21-8-16(6-7-18(21)24)15-4-2-14(13-30)3-5-15/h2-10,12,30H,13H2,1H3,(H,28,29). The SMILES string of the molecule is COc1cc(Nc2c(C#N)cnc3cc(-c4ccc(CO)cc4)ccc23)c(Cl)cc1Cl. The number of aliphatic hydroxyl groups is 1. The van der Waals surface area contributed by atoms with Gasteiger partial charge in [-0.25, -0.2) is 0 Å². The number of fused-ring (bicyclic) bond motifs is 1. The van der Waals surface area contributed by atoms with Gasteiger partial charge in [0, 0.05) is 17.6 Å². The normalized spacial score (nSPS) is 10.7. The van der Waals surface area contributed by atoms with E-state index in [9.17, 15) is 10.4 Å². The molecule has 7 heteroatoms. The van der Waals surface area contributed by atoms with Crippen molar-refractivity contribution in [2.24, 2.45) is 0 Å². The molecule has 5 nitrogen and oxygen atoms in total. The van der Waals surface area contributed by atoms with Gasteiger partial charge in [0.2, 0.25) is 0 Å². The number of nitriles is 1. The highest BCUT2D eigenvalue weighted by Crippen LogP contribution is 2.38. The molecule has 0 atom stereocenters. The minimum atomic E-state index is 0.00354. The molecule has 0 amide bonds. The Kier molecular flexibility index (Phi) is 5.97. The van der Waals surface area contributed by atoms with Crippen LogP contribution in [-0.4, -0.2) is 17.2 Å². The van der Waals surface area contributed by atoms with Crippen LogP contribution in [-0.2, 0) is 6.61 Å². The molecule has 0 unspecified atom stereocenters. The third-order valence-corrected chi connectivity index (χ3v) is 5.57. The number of hydrogen-bond donors (Lipinski definition) is 2. The van der Waals surface area contributed by atoms with Crippen LogP contribution >= 0.6 is 23.2 Å². The van der Waals surface area contributed by atoms with Crippen LogP contribution in [0.1, 0.15) is 11.1 Å². The topological polar surface area (TPSA) is 78.2 Å². The number of aliphatic hydroxyl groups excluding tert-OH is 1. The quantitative estimate of drug-likeness (QED) is 0.372. The van der Waals surface area contributed by atoms with Crippen molar-refractivity contribution in [3.05, 3.63) is 82.0 Å². The Morgan fingerprint density at radius 3 is 2.45 bits per heavy atom. The number of rotatable bonds is 5. The number of nitrogens with zero attached hydrogens (tertiary/aromatic N) is 2. The van der Waals surface area contributed by atoms with Crippen LogP contribution in [0.3, 0.4) is 0 Å². The Bertz CT molecular complexity index is 1320. The van der Waals surface area contributed by atoms with Crippen LogP contribution in [0.5, 0.6) is 5.75 Å². The summed E-state index contributed by atoms with van der Waals surface area (Å²) in [4.78, 5) is 4.46. The van der Waals surface area contributed by atoms with Gasteiger partial charge in [-0.3, -0.25) is 4.98 Å². The summed E-state index contributed by atoms with van der Waals surface area (Å²) in [6.07, 6.45) is 1.53. The number of halogens is 2. The molecule has 0 aliphatic rings. The molecule has 0 aliphatic carbocycles. The fourth-order valence-electron chi connectivity index (χ4n) is 3.31. The molecule has 0 bridgehead atoms. The third kappa shape index (κ3) is 4.14. The van der Waals surface area contributed by atoms with Gasteiger partial charge in [0.1, 0.15) is 11.8 Å². The average Bonchev–Trinajstić information content (AvgIpc) is 2.80. The number of aromatic nitrogens is 1. The summed E-state index contributed by atoms with van der Waals surface area (Å²) in [5.74, 6) is 0.471. The van der Waals surface area contributed by atoms with Crippen molar-refractivity contribution in [1.29, 1.82) is 5.26 Å². The largest absolute Gasteiger partial charge is 0.495 e. The van der Waals surface area contributed by atoms with Crippen LogP contribution in [0.4, 0.5) is 11.4 Å². The lowest BCUT2D eigenvalue weighted by Crippen LogP contribution is -1.98. The maximum atomic E-state index is 9.62. The Labute approximate surface area is 189 Å². The van der Waals surface area contributed by atoms with Gasteiger partial charge in [0.15, 0.2) is 0 Å². The Morgan fingerprint density at radius 1 is 1.03 bits per heavy atom. The number of benzene rings is 3. The molecule has 0 fully saturated rings. The first-order valence-corrected chi connectivity index (χ1v) is 10.1. The summed E-state index contributed by atoms with van der Waals surface area (Å²) in [6, 6.07) is 19.0. The van der Waals surface area contributed by atoms with Gasteiger partial charge in [-0.05, 0) is 28.8 Å². The van der Waals surface area contributed by atoms with Crippen molar-refractivity contribution < 1.29 is 9.84 Å². The first-order chi connectivity index (χ1) is 15.0. The van der Waals surface area contributed by atoms with E-state index in [2.05, 4.69) is 16.4 Å². The van der Waals surface area contributed by atoms with Gasteiger partial charge in [-0.1, -0.05) is 59.6 Å². The summed E-state index contributed by atoms with van der Waals surface area (Å²) in [7, 11) is 1.52. The van der Waals surface area contributed by atoms with E-state index in [0.29, 0.717) is 32.7 Å². The predicted molar refractivity (Wildman–Crippen MR) is 124 cm³/mol. The van der Waals surface area contributed by atoms with Crippen LogP contribution in [0.25, 0.3) is 22.0 Å². The van der Waals surface area contributed by atoms with Gasteiger partial charge in [-0.2, -0.15) is 5.26 Å². The van der Waals surface area contributed by atoms with Gasteiger partial charge in [0.25, 0.3) is 0 Å². The molecule has 154 valence electrons. The molecule has 1 heterocycles. The minimum Gasteiger partial charge on any atom is -0.495 e. The molecule has 0 radical (unpaired) electrons. The van der Waals surface area contributed by atoms with Crippen molar-refractivity contribution >= 4 is 45.5 Å². The molecule has 4 aromatic rings. The second-order valence-electron chi connectivity index (χ2n) is 6.84. The Morgan fingerprint density at radius 2 is 1.77 bits per heavy atom. The first-order valence-electron chi connectivity index (χ1n) is 9.37. The third-order valence-electron chi connectivity index (χ3n) is 4.96. The maximum Gasteiger partial charge on any atom is 0.139 e. The smallest absolute Gasteiger partial charge is 0.139 e. The molecular formula is C24H17Cl2N3O2. The van der Waals surface area contributed by atoms with E-state index < -0.39 is 0 Å². The molecule has 31 heavy (non-hydrogen) atoms. The lowest BCUT2D eigenvalue weighted by Gasteiger charge is -2.15. The summed E-state index contributed by atoms with van der Waals surface area (Å²) in [5.41, 5.74) is 5.11. The highest BCUT2D eigenvalue weighted by atomic mass is 35.5. The highest BCUT2D eigenvalue weighted by Gasteiger charge is 2.14. The zero-order chi connectivity index (χ0) is 22.0. The molecule has 1 aromatic heterocycles. The molecule has 3 aromatic carbocycles. The molecular weight excluding hydrogens is 433 g/mol. The molecule has 4 rings (SSSR count). The Balaban J connectivity index is 1.80. The molecule has 0 spiro atoms. The molecule has 0 saturated carbocycles. The summed E-state index contributed by atoms with van der Waals surface area (Å²) < 4.78 is 5.28. The summed E-state index contributed by atoms with van der Waals surface area (Å²) in [5, 5.41) is 23.7. The van der Waals surface area contributed by atoms with Gasteiger partial charge in [-0.15, -0.1) is 0 Å². The van der Waals surface area contributed by atoms with Crippen LogP contribution < -0.4 is 10.1 Å².